The van der Waals surface area contributed by atoms with Crippen molar-refractivity contribution in [1.82, 2.24) is 0 Å². The van der Waals surface area contributed by atoms with E-state index in [2.05, 4.69) is 4.74 Å². The highest BCUT2D eigenvalue weighted by atomic mass is 16.5. The van der Waals surface area contributed by atoms with Gasteiger partial charge < -0.3 is 20.1 Å². The largest absolute Gasteiger partial charge is 0.460 e. The van der Waals surface area contributed by atoms with E-state index in [9.17, 15) is 29.7 Å². The minimum atomic E-state index is -2.01. The number of carbonyl (C=O) groups excluding carboxylic acids is 3. The summed E-state index contributed by atoms with van der Waals surface area (Å²) in [6, 6.07) is 0. The van der Waals surface area contributed by atoms with Gasteiger partial charge in [-0.2, -0.15) is 0 Å². The van der Waals surface area contributed by atoms with Crippen molar-refractivity contribution in [3.8, 4) is 0 Å². The number of ketones is 2. The second-order valence-corrected chi connectivity index (χ2v) is 9.91. The van der Waals surface area contributed by atoms with Gasteiger partial charge in [0.15, 0.2) is 18.0 Å². The van der Waals surface area contributed by atoms with Crippen LogP contribution in [-0.2, 0) is 19.1 Å². The fourth-order valence-electron chi connectivity index (χ4n) is 7.25. The molecule has 0 spiro atoms. The quantitative estimate of drug-likeness (QED) is 0.597. The Morgan fingerprint density at radius 1 is 1.21 bits per heavy atom. The molecule has 0 amide bonds. The smallest absolute Gasteiger partial charge is 0.293 e. The van der Waals surface area contributed by atoms with Crippen LogP contribution in [0.2, 0.25) is 0 Å². The van der Waals surface area contributed by atoms with E-state index in [4.69, 9.17) is 0 Å². The van der Waals surface area contributed by atoms with Crippen LogP contribution < -0.4 is 0 Å². The second-order valence-electron chi connectivity index (χ2n) is 9.91. The summed E-state index contributed by atoms with van der Waals surface area (Å²) in [5.74, 6) is -1.04. The van der Waals surface area contributed by atoms with Crippen LogP contribution >= 0.6 is 0 Å². The lowest BCUT2D eigenvalue weighted by atomic mass is 9.44. The SMILES string of the molecule is C[C@]12CCC(=O)C=C1CC[C@H]1[C@@H]3C[C@@H](O)[C@](O)(C(=O)COC=O)[C@@]3(C)CC[C@@]12O. The molecule has 0 radical (unpaired) electrons. The van der Waals surface area contributed by atoms with Crippen molar-refractivity contribution >= 4 is 18.0 Å². The first-order valence-electron chi connectivity index (χ1n) is 10.5. The molecule has 0 heterocycles. The third kappa shape index (κ3) is 2.44. The summed E-state index contributed by atoms with van der Waals surface area (Å²) in [7, 11) is 0. The van der Waals surface area contributed by atoms with Crippen LogP contribution in [0.5, 0.6) is 0 Å². The molecule has 7 atom stereocenters. The molecule has 160 valence electrons. The summed E-state index contributed by atoms with van der Waals surface area (Å²) in [6.07, 6.45) is 3.71. The Hall–Kier alpha value is -1.57. The number of aliphatic hydroxyl groups excluding tert-OH is 1. The number of carbonyl (C=O) groups is 3. The highest BCUT2D eigenvalue weighted by Gasteiger charge is 2.73. The van der Waals surface area contributed by atoms with E-state index in [1.165, 1.54) is 0 Å². The van der Waals surface area contributed by atoms with Gasteiger partial charge in [0.2, 0.25) is 5.78 Å². The predicted octanol–water partition coefficient (Wildman–Crippen LogP) is 1.08. The number of rotatable bonds is 4. The number of aliphatic hydroxyl groups is 3. The van der Waals surface area contributed by atoms with Gasteiger partial charge in [0, 0.05) is 17.3 Å². The average Bonchev–Trinajstić information content (AvgIpc) is 2.89. The zero-order chi connectivity index (χ0) is 21.2. The Morgan fingerprint density at radius 3 is 2.62 bits per heavy atom. The van der Waals surface area contributed by atoms with Gasteiger partial charge in [-0.1, -0.05) is 19.4 Å². The maximum absolute atomic E-state index is 12.8. The molecule has 0 aromatic rings. The van der Waals surface area contributed by atoms with E-state index in [0.717, 1.165) is 5.57 Å². The Balaban J connectivity index is 1.72. The molecular formula is C22H30O7. The molecular weight excluding hydrogens is 376 g/mol. The molecule has 3 saturated carbocycles. The average molecular weight is 406 g/mol. The normalized spacial score (nSPS) is 48.8. The minimum Gasteiger partial charge on any atom is -0.460 e. The van der Waals surface area contributed by atoms with Gasteiger partial charge >= 0.3 is 0 Å². The standard InChI is InChI=1S/C22H30O7/c1-19-6-5-14(24)9-13(19)3-4-15-16-10-17(25)22(28,18(26)11-29-12-23)20(16,2)7-8-21(15,19)27/h9,12,15-17,25,27-28H,3-8,10-11H2,1-2H3/t15-,16-,17+,19-,20-,21+,22-/m0/s1. The molecule has 0 bridgehead atoms. The summed E-state index contributed by atoms with van der Waals surface area (Å²) in [5, 5.41) is 34.1. The monoisotopic (exact) mass is 406 g/mol. The Labute approximate surface area is 170 Å². The first kappa shape index (κ1) is 20.7. The molecule has 0 aliphatic heterocycles. The van der Waals surface area contributed by atoms with Crippen LogP contribution in [0.25, 0.3) is 0 Å². The number of hydrogen-bond donors (Lipinski definition) is 3. The van der Waals surface area contributed by atoms with Crippen LogP contribution in [0.15, 0.2) is 11.6 Å². The van der Waals surface area contributed by atoms with Crippen molar-refractivity contribution in [2.24, 2.45) is 22.7 Å². The van der Waals surface area contributed by atoms with Crippen molar-refractivity contribution < 1.29 is 34.4 Å². The van der Waals surface area contributed by atoms with Gasteiger partial charge in [-0.05, 0) is 56.4 Å². The lowest BCUT2D eigenvalue weighted by Crippen LogP contribution is -2.66. The fourth-order valence-corrected chi connectivity index (χ4v) is 7.25. The van der Waals surface area contributed by atoms with E-state index in [-0.39, 0.29) is 30.5 Å². The van der Waals surface area contributed by atoms with Crippen LogP contribution in [0.1, 0.15) is 58.8 Å². The van der Waals surface area contributed by atoms with Crippen molar-refractivity contribution in [2.75, 3.05) is 6.61 Å². The molecule has 0 aromatic carbocycles. The molecule has 7 nitrogen and oxygen atoms in total. The lowest BCUT2D eigenvalue weighted by molar-refractivity contribution is -0.215. The first-order chi connectivity index (χ1) is 13.5. The van der Waals surface area contributed by atoms with Crippen molar-refractivity contribution in [3.05, 3.63) is 11.6 Å². The van der Waals surface area contributed by atoms with Crippen LogP contribution in [0.4, 0.5) is 0 Å². The maximum Gasteiger partial charge on any atom is 0.293 e. The summed E-state index contributed by atoms with van der Waals surface area (Å²) >= 11 is 0. The van der Waals surface area contributed by atoms with E-state index < -0.39 is 40.5 Å². The molecule has 0 unspecified atom stereocenters. The Bertz CT molecular complexity index is 790. The zero-order valence-electron chi connectivity index (χ0n) is 17.0. The minimum absolute atomic E-state index is 0.103. The number of ether oxygens (including phenoxy) is 1. The molecule has 0 aromatic heterocycles. The maximum atomic E-state index is 12.8. The van der Waals surface area contributed by atoms with Gasteiger partial charge in [-0.25, -0.2) is 0 Å². The summed E-state index contributed by atoms with van der Waals surface area (Å²) in [4.78, 5) is 35.2. The zero-order valence-corrected chi connectivity index (χ0v) is 17.0. The molecule has 4 aliphatic carbocycles. The lowest BCUT2D eigenvalue weighted by Gasteiger charge is -2.63. The van der Waals surface area contributed by atoms with E-state index >= 15 is 0 Å². The van der Waals surface area contributed by atoms with E-state index in [0.29, 0.717) is 38.5 Å². The topological polar surface area (TPSA) is 121 Å². The van der Waals surface area contributed by atoms with Gasteiger partial charge in [-0.15, -0.1) is 0 Å². The summed E-state index contributed by atoms with van der Waals surface area (Å²) in [5.41, 5.74) is -3.49. The third-order valence-corrected chi connectivity index (χ3v) is 9.08. The first-order valence-corrected chi connectivity index (χ1v) is 10.5. The molecule has 0 saturated heterocycles. The van der Waals surface area contributed by atoms with Gasteiger partial charge in [0.1, 0.15) is 0 Å². The van der Waals surface area contributed by atoms with Gasteiger partial charge in [-0.3, -0.25) is 14.4 Å². The Morgan fingerprint density at radius 2 is 1.93 bits per heavy atom. The number of fused-ring (bicyclic) bond motifs is 5. The molecule has 4 aliphatic rings. The van der Waals surface area contributed by atoms with Gasteiger partial charge in [0.05, 0.1) is 11.7 Å². The molecule has 3 fully saturated rings. The molecule has 3 N–H and O–H groups in total. The Kier molecular flexibility index (Phi) is 4.61. The number of Topliss-reactive ketones (excluding diaryl/α,β-unsaturated/α-hetero) is 1. The van der Waals surface area contributed by atoms with Crippen LogP contribution in [-0.4, -0.2) is 57.3 Å². The van der Waals surface area contributed by atoms with Crippen molar-refractivity contribution in [2.45, 2.75) is 76.1 Å². The second kappa shape index (κ2) is 6.46. The number of hydrogen-bond acceptors (Lipinski definition) is 7. The third-order valence-electron chi connectivity index (χ3n) is 9.08. The molecule has 7 heteroatoms. The summed E-state index contributed by atoms with van der Waals surface area (Å²) in [6.45, 7) is 3.41. The van der Waals surface area contributed by atoms with E-state index in [1.54, 1.807) is 6.08 Å². The van der Waals surface area contributed by atoms with Gasteiger partial charge in [0.25, 0.3) is 6.47 Å². The molecule has 4 rings (SSSR count). The highest BCUT2D eigenvalue weighted by molar-refractivity contribution is 5.92. The highest BCUT2D eigenvalue weighted by Crippen LogP contribution is 2.69. The van der Waals surface area contributed by atoms with Crippen molar-refractivity contribution in [1.29, 1.82) is 0 Å². The van der Waals surface area contributed by atoms with Crippen LogP contribution in [0, 0.1) is 22.7 Å². The van der Waals surface area contributed by atoms with Crippen LogP contribution in [0.3, 0.4) is 0 Å². The molecule has 29 heavy (non-hydrogen) atoms. The predicted molar refractivity (Wildman–Crippen MR) is 102 cm³/mol. The van der Waals surface area contributed by atoms with E-state index in [1.807, 2.05) is 13.8 Å². The van der Waals surface area contributed by atoms with Crippen molar-refractivity contribution in [3.63, 3.8) is 0 Å². The summed E-state index contributed by atoms with van der Waals surface area (Å²) < 4.78 is 4.58. The fraction of sp³-hybridized carbons (Fsp3) is 0.773.